The number of hydrogen-bond acceptors (Lipinski definition) is 4. The lowest BCUT2D eigenvalue weighted by Gasteiger charge is -2.19. The Kier molecular flexibility index (Phi) is 5.84. The van der Waals surface area contributed by atoms with Crippen LogP contribution in [-0.4, -0.2) is 15.2 Å². The van der Waals surface area contributed by atoms with E-state index < -0.39 is 9.71 Å². The van der Waals surface area contributed by atoms with E-state index in [9.17, 15) is 9.32 Å². The first kappa shape index (κ1) is 22.8. The Morgan fingerprint density at radius 2 is 1.59 bits per heavy atom. The molecule has 3 nitrogen and oxygen atoms in total. The van der Waals surface area contributed by atoms with Gasteiger partial charge in [-0.05, 0) is 66.9 Å². The molecule has 1 unspecified atom stereocenters. The molecule has 0 fully saturated rings. The maximum absolute atomic E-state index is 13.8. The molecule has 34 heavy (non-hydrogen) atoms. The Morgan fingerprint density at radius 1 is 0.912 bits per heavy atom. The van der Waals surface area contributed by atoms with E-state index in [-0.39, 0.29) is 5.75 Å². The molecule has 0 aliphatic rings. The minimum absolute atomic E-state index is 0.227. The van der Waals surface area contributed by atoms with Crippen molar-refractivity contribution in [3.63, 3.8) is 0 Å². The van der Waals surface area contributed by atoms with Crippen molar-refractivity contribution in [2.45, 2.75) is 34.8 Å². The number of anilines is 1. The van der Waals surface area contributed by atoms with E-state index in [1.54, 1.807) is 11.3 Å². The minimum atomic E-state index is -2.83. The van der Waals surface area contributed by atoms with E-state index in [1.165, 1.54) is 27.4 Å². The summed E-state index contributed by atoms with van der Waals surface area (Å²) in [7, 11) is -2.83. The molecule has 0 aliphatic carbocycles. The van der Waals surface area contributed by atoms with Crippen molar-refractivity contribution in [3.05, 3.63) is 89.5 Å². The zero-order chi connectivity index (χ0) is 24.0. The summed E-state index contributed by atoms with van der Waals surface area (Å²) in [4.78, 5) is 1.41. The van der Waals surface area contributed by atoms with Gasteiger partial charge in [0.1, 0.15) is 5.75 Å². The molecule has 0 bridgehead atoms. The number of aryl methyl sites for hydroxylation is 3. The molecule has 0 saturated heterocycles. The van der Waals surface area contributed by atoms with Crippen molar-refractivity contribution in [2.24, 2.45) is 0 Å². The number of thiophene rings is 1. The normalized spacial score (nSPS) is 13.3. The highest BCUT2D eigenvalue weighted by Gasteiger charge is 2.19. The van der Waals surface area contributed by atoms with Crippen LogP contribution < -0.4 is 4.72 Å². The molecule has 5 aromatic rings. The number of nitrogens with one attached hydrogen (secondary N) is 1. The molecule has 1 atom stereocenters. The summed E-state index contributed by atoms with van der Waals surface area (Å²) in [6.45, 7) is 6.04. The molecule has 0 amide bonds. The Balaban J connectivity index is 1.63. The molecule has 0 aliphatic heterocycles. The van der Waals surface area contributed by atoms with Crippen molar-refractivity contribution in [3.8, 4) is 5.75 Å². The predicted octanol–water partition coefficient (Wildman–Crippen LogP) is 7.94. The molecule has 5 rings (SSSR count). The first-order chi connectivity index (χ1) is 16.2. The monoisotopic (exact) mass is 503 g/mol. The van der Waals surface area contributed by atoms with Crippen LogP contribution in [-0.2, 0) is 9.71 Å². The molecule has 1 aromatic heterocycles. The van der Waals surface area contributed by atoms with E-state index in [0.29, 0.717) is 20.9 Å². The molecule has 0 saturated carbocycles. The second kappa shape index (κ2) is 8.69. The van der Waals surface area contributed by atoms with Gasteiger partial charge < -0.3 is 9.83 Å². The number of rotatable bonds is 5. The van der Waals surface area contributed by atoms with Crippen molar-refractivity contribution in [2.75, 3.05) is 4.72 Å². The highest BCUT2D eigenvalue weighted by molar-refractivity contribution is 8.02. The summed E-state index contributed by atoms with van der Waals surface area (Å²) in [5, 5.41) is 13.9. The third-order valence-corrected chi connectivity index (χ3v) is 10.2. The number of phenols is 1. The maximum atomic E-state index is 13.8. The van der Waals surface area contributed by atoms with Gasteiger partial charge in [0.25, 0.3) is 0 Å². The first-order valence-corrected chi connectivity index (χ1v) is 14.2. The quantitative estimate of drug-likeness (QED) is 0.189. The molecular formula is C28H25NO2S3. The van der Waals surface area contributed by atoms with E-state index in [0.717, 1.165) is 20.7 Å². The highest BCUT2D eigenvalue weighted by Crippen LogP contribution is 2.47. The highest BCUT2D eigenvalue weighted by atomic mass is 32.2. The SMILES string of the molecule is C=S(=O)(Nc1cc(Sc2sc3ccccc3c2C)c(O)c2ccccc12)c1cc(C)ccc1C. The second-order valence-corrected chi connectivity index (χ2v) is 12.8. The van der Waals surface area contributed by atoms with Gasteiger partial charge in [0.05, 0.1) is 29.4 Å². The molecule has 172 valence electrons. The number of fused-ring (bicyclic) bond motifs is 2. The first-order valence-electron chi connectivity index (χ1n) is 10.9. The van der Waals surface area contributed by atoms with Crippen LogP contribution >= 0.6 is 23.1 Å². The topological polar surface area (TPSA) is 49.3 Å². The number of benzene rings is 4. The number of aromatic hydroxyl groups is 1. The second-order valence-electron chi connectivity index (χ2n) is 8.48. The van der Waals surface area contributed by atoms with Crippen molar-refractivity contribution >= 4 is 65.2 Å². The smallest absolute Gasteiger partial charge is 0.137 e. The van der Waals surface area contributed by atoms with Gasteiger partial charge in [-0.1, -0.05) is 66.4 Å². The third-order valence-electron chi connectivity index (χ3n) is 5.96. The lowest BCUT2D eigenvalue weighted by Crippen LogP contribution is -2.14. The lowest BCUT2D eigenvalue weighted by atomic mass is 10.1. The fraction of sp³-hybridized carbons (Fsp3) is 0.107. The zero-order valence-electron chi connectivity index (χ0n) is 19.2. The molecular weight excluding hydrogens is 479 g/mol. The number of hydrogen-bond donors (Lipinski definition) is 2. The van der Waals surface area contributed by atoms with Gasteiger partial charge in [0.15, 0.2) is 0 Å². The van der Waals surface area contributed by atoms with Crippen LogP contribution in [0.2, 0.25) is 0 Å². The molecule has 0 radical (unpaired) electrons. The molecule has 1 heterocycles. The van der Waals surface area contributed by atoms with Crippen molar-refractivity contribution in [1.29, 1.82) is 0 Å². The molecule has 0 spiro atoms. The van der Waals surface area contributed by atoms with Gasteiger partial charge in [0.2, 0.25) is 0 Å². The largest absolute Gasteiger partial charge is 0.506 e. The summed E-state index contributed by atoms with van der Waals surface area (Å²) in [6.07, 6.45) is 0. The summed E-state index contributed by atoms with van der Waals surface area (Å²) in [6, 6.07) is 23.8. The van der Waals surface area contributed by atoms with Gasteiger partial charge in [-0.25, -0.2) is 4.21 Å². The minimum Gasteiger partial charge on any atom is -0.506 e. The summed E-state index contributed by atoms with van der Waals surface area (Å²) in [5.74, 6) is 4.30. The Hall–Kier alpha value is -2.93. The van der Waals surface area contributed by atoms with Gasteiger partial charge in [-0.2, -0.15) is 0 Å². The standard InChI is InChI=1S/C28H25NO2S3/c1-17-13-14-18(2)26(15-17)34(4,31)29-23-16-25(27(30)22-11-6-5-10-21(22)23)33-28-19(3)20-9-7-8-12-24(20)32-28/h5-16,30H,4H2,1-3H3,(H,29,31). The van der Waals surface area contributed by atoms with E-state index >= 15 is 0 Å². The number of phenolic OH excluding ortho intramolecular Hbond substituents is 1. The van der Waals surface area contributed by atoms with Gasteiger partial charge in [-0.15, -0.1) is 11.3 Å². The molecule has 4 aromatic carbocycles. The average molecular weight is 504 g/mol. The average Bonchev–Trinajstić information content (AvgIpc) is 3.13. The lowest BCUT2D eigenvalue weighted by molar-refractivity contribution is 0.469. The molecule has 6 heteroatoms. The van der Waals surface area contributed by atoms with Gasteiger partial charge in [0, 0.05) is 15.5 Å². The van der Waals surface area contributed by atoms with E-state index in [4.69, 9.17) is 0 Å². The third kappa shape index (κ3) is 4.06. The van der Waals surface area contributed by atoms with Gasteiger partial charge >= 0.3 is 0 Å². The zero-order valence-corrected chi connectivity index (χ0v) is 21.7. The predicted molar refractivity (Wildman–Crippen MR) is 149 cm³/mol. The molecule has 2 N–H and O–H groups in total. The summed E-state index contributed by atoms with van der Waals surface area (Å²) < 4.78 is 19.4. The van der Waals surface area contributed by atoms with Crippen LogP contribution in [0.1, 0.15) is 16.7 Å². The maximum Gasteiger partial charge on any atom is 0.137 e. The summed E-state index contributed by atoms with van der Waals surface area (Å²) in [5.41, 5.74) is 3.85. The van der Waals surface area contributed by atoms with Crippen LogP contribution in [0.3, 0.4) is 0 Å². The van der Waals surface area contributed by atoms with Crippen molar-refractivity contribution in [1.82, 2.24) is 0 Å². The Morgan fingerprint density at radius 3 is 2.32 bits per heavy atom. The fourth-order valence-corrected chi connectivity index (χ4v) is 8.23. The van der Waals surface area contributed by atoms with E-state index in [2.05, 4.69) is 29.6 Å². The van der Waals surface area contributed by atoms with Crippen LogP contribution in [0.4, 0.5) is 5.69 Å². The Labute approximate surface area is 208 Å². The van der Waals surface area contributed by atoms with Crippen LogP contribution in [0.5, 0.6) is 5.75 Å². The van der Waals surface area contributed by atoms with E-state index in [1.807, 2.05) is 74.5 Å². The Bertz CT molecular complexity index is 1670. The van der Waals surface area contributed by atoms with Gasteiger partial charge in [-0.3, -0.25) is 0 Å². The van der Waals surface area contributed by atoms with Crippen LogP contribution in [0.15, 0.2) is 86.8 Å². The van der Waals surface area contributed by atoms with Crippen molar-refractivity contribution < 1.29 is 9.32 Å². The van der Waals surface area contributed by atoms with Crippen LogP contribution in [0, 0.1) is 20.8 Å². The summed E-state index contributed by atoms with van der Waals surface area (Å²) >= 11 is 3.25. The fourth-order valence-electron chi connectivity index (χ4n) is 4.14. The van der Waals surface area contributed by atoms with Crippen LogP contribution in [0.25, 0.3) is 20.9 Å².